The predicted molar refractivity (Wildman–Crippen MR) is 113 cm³/mol. The van der Waals surface area contributed by atoms with E-state index in [0.29, 0.717) is 24.6 Å². The van der Waals surface area contributed by atoms with Crippen LogP contribution in [-0.2, 0) is 13.1 Å². The van der Waals surface area contributed by atoms with Crippen molar-refractivity contribution in [1.29, 1.82) is 0 Å². The molecule has 2 aromatic rings. The molecule has 0 heterocycles. The highest BCUT2D eigenvalue weighted by molar-refractivity contribution is 14.0. The van der Waals surface area contributed by atoms with Crippen LogP contribution in [0.1, 0.15) is 28.4 Å². The van der Waals surface area contributed by atoms with Gasteiger partial charge in [-0.3, -0.25) is 4.79 Å². The third-order valence-electron chi connectivity index (χ3n) is 3.58. The molecule has 3 N–H and O–H groups in total. The first-order chi connectivity index (χ1) is 12.1. The normalized spacial score (nSPS) is 10.7. The first kappa shape index (κ1) is 21.9. The summed E-state index contributed by atoms with van der Waals surface area (Å²) in [5, 5.41) is 8.99. The van der Waals surface area contributed by atoms with Crippen molar-refractivity contribution in [3.8, 4) is 0 Å². The summed E-state index contributed by atoms with van der Waals surface area (Å²) in [7, 11) is 1.61. The van der Waals surface area contributed by atoms with Crippen molar-refractivity contribution < 1.29 is 9.18 Å². The summed E-state index contributed by atoms with van der Waals surface area (Å²) in [6.07, 6.45) is 0. The Morgan fingerprint density at radius 2 is 1.62 bits per heavy atom. The predicted octanol–water partition coefficient (Wildman–Crippen LogP) is 3.06. The Bertz CT molecular complexity index is 717. The minimum absolute atomic E-state index is 0. The zero-order valence-electron chi connectivity index (χ0n) is 14.9. The first-order valence-electron chi connectivity index (χ1n) is 8.20. The molecule has 0 radical (unpaired) electrons. The number of carbonyl (C=O) groups is 1. The number of aliphatic imine (C=N–C) groups is 1. The number of hydrogen-bond donors (Lipinski definition) is 3. The quantitative estimate of drug-likeness (QED) is 0.346. The van der Waals surface area contributed by atoms with Crippen LogP contribution in [0.5, 0.6) is 0 Å². The van der Waals surface area contributed by atoms with Gasteiger partial charge in [0.25, 0.3) is 5.91 Å². The SMILES string of the molecule is CCNC(=NCc1ccc(C(=O)NC)cc1)NCc1ccc(F)cc1.I. The molecule has 5 nitrogen and oxygen atoms in total. The summed E-state index contributed by atoms with van der Waals surface area (Å²) in [5.41, 5.74) is 2.60. The van der Waals surface area contributed by atoms with Crippen LogP contribution < -0.4 is 16.0 Å². The second-order valence-corrected chi connectivity index (χ2v) is 5.45. The van der Waals surface area contributed by atoms with E-state index in [1.54, 1.807) is 31.3 Å². The van der Waals surface area contributed by atoms with Gasteiger partial charge in [-0.25, -0.2) is 9.38 Å². The molecule has 0 spiro atoms. The van der Waals surface area contributed by atoms with Crippen molar-refractivity contribution in [1.82, 2.24) is 16.0 Å². The van der Waals surface area contributed by atoms with Gasteiger partial charge in [0.2, 0.25) is 0 Å². The van der Waals surface area contributed by atoms with E-state index in [0.717, 1.165) is 17.7 Å². The number of hydrogen-bond acceptors (Lipinski definition) is 2. The van der Waals surface area contributed by atoms with Gasteiger partial charge in [0, 0.05) is 25.7 Å². The van der Waals surface area contributed by atoms with Crippen molar-refractivity contribution >= 4 is 35.8 Å². The van der Waals surface area contributed by atoms with Crippen molar-refractivity contribution in [3.63, 3.8) is 0 Å². The topological polar surface area (TPSA) is 65.5 Å². The molecule has 140 valence electrons. The molecule has 0 bridgehead atoms. The van der Waals surface area contributed by atoms with Crippen molar-refractivity contribution in [2.75, 3.05) is 13.6 Å². The fourth-order valence-electron chi connectivity index (χ4n) is 2.21. The summed E-state index contributed by atoms with van der Waals surface area (Å²) >= 11 is 0. The number of halogens is 2. The molecule has 7 heteroatoms. The molecule has 0 fully saturated rings. The Morgan fingerprint density at radius 1 is 1.00 bits per heavy atom. The lowest BCUT2D eigenvalue weighted by atomic mass is 10.1. The molecule has 0 saturated carbocycles. The maximum absolute atomic E-state index is 12.9. The van der Waals surface area contributed by atoms with Gasteiger partial charge in [0.1, 0.15) is 5.82 Å². The van der Waals surface area contributed by atoms with Crippen LogP contribution in [0, 0.1) is 5.82 Å². The molecule has 2 aromatic carbocycles. The first-order valence-corrected chi connectivity index (χ1v) is 8.20. The fraction of sp³-hybridized carbons (Fsp3) is 0.263. The van der Waals surface area contributed by atoms with Gasteiger partial charge in [-0.2, -0.15) is 0 Å². The third-order valence-corrected chi connectivity index (χ3v) is 3.58. The number of nitrogens with zero attached hydrogens (tertiary/aromatic N) is 1. The molecule has 0 aliphatic rings. The zero-order chi connectivity index (χ0) is 18.1. The highest BCUT2D eigenvalue weighted by Gasteiger charge is 2.03. The van der Waals surface area contributed by atoms with E-state index in [1.807, 2.05) is 19.1 Å². The van der Waals surface area contributed by atoms with E-state index in [-0.39, 0.29) is 35.7 Å². The smallest absolute Gasteiger partial charge is 0.251 e. The van der Waals surface area contributed by atoms with Gasteiger partial charge in [0.15, 0.2) is 5.96 Å². The van der Waals surface area contributed by atoms with Crippen LogP contribution in [0.4, 0.5) is 4.39 Å². The largest absolute Gasteiger partial charge is 0.357 e. The Kier molecular flexibility index (Phi) is 9.64. The third kappa shape index (κ3) is 6.99. The van der Waals surface area contributed by atoms with Crippen molar-refractivity contribution in [2.45, 2.75) is 20.0 Å². The lowest BCUT2D eigenvalue weighted by Gasteiger charge is -2.11. The minimum atomic E-state index is -0.246. The Hall–Kier alpha value is -2.16. The second kappa shape index (κ2) is 11.5. The van der Waals surface area contributed by atoms with Crippen LogP contribution in [0.15, 0.2) is 53.5 Å². The average Bonchev–Trinajstić information content (AvgIpc) is 2.65. The minimum Gasteiger partial charge on any atom is -0.357 e. The molecule has 0 aliphatic heterocycles. The molecule has 0 aromatic heterocycles. The molecular formula is C19H24FIN4O. The second-order valence-electron chi connectivity index (χ2n) is 5.45. The van der Waals surface area contributed by atoms with Crippen LogP contribution in [-0.4, -0.2) is 25.5 Å². The number of nitrogens with one attached hydrogen (secondary N) is 3. The summed E-state index contributed by atoms with van der Waals surface area (Å²) in [6.45, 7) is 3.78. The summed E-state index contributed by atoms with van der Waals surface area (Å²) in [6, 6.07) is 13.7. The van der Waals surface area contributed by atoms with Crippen molar-refractivity contribution in [2.24, 2.45) is 4.99 Å². The highest BCUT2D eigenvalue weighted by Crippen LogP contribution is 2.06. The molecule has 0 atom stereocenters. The van der Waals surface area contributed by atoms with Gasteiger partial charge in [-0.15, -0.1) is 24.0 Å². The van der Waals surface area contributed by atoms with Crippen LogP contribution >= 0.6 is 24.0 Å². The Morgan fingerprint density at radius 3 is 2.19 bits per heavy atom. The van der Waals surface area contributed by atoms with Crippen LogP contribution in [0.25, 0.3) is 0 Å². The monoisotopic (exact) mass is 470 g/mol. The molecule has 0 aliphatic carbocycles. The lowest BCUT2D eigenvalue weighted by molar-refractivity contribution is 0.0963. The van der Waals surface area contributed by atoms with E-state index in [4.69, 9.17) is 0 Å². The molecule has 0 unspecified atom stereocenters. The lowest BCUT2D eigenvalue weighted by Crippen LogP contribution is -2.36. The fourth-order valence-corrected chi connectivity index (χ4v) is 2.21. The Labute approximate surface area is 170 Å². The van der Waals surface area contributed by atoms with Crippen LogP contribution in [0.2, 0.25) is 0 Å². The molecule has 0 saturated heterocycles. The van der Waals surface area contributed by atoms with E-state index < -0.39 is 0 Å². The number of carbonyl (C=O) groups excluding carboxylic acids is 1. The molecule has 26 heavy (non-hydrogen) atoms. The maximum atomic E-state index is 12.9. The van der Waals surface area contributed by atoms with Gasteiger partial charge in [-0.1, -0.05) is 24.3 Å². The van der Waals surface area contributed by atoms with Gasteiger partial charge in [-0.05, 0) is 42.3 Å². The number of amides is 1. The Balaban J connectivity index is 0.00000338. The van der Waals surface area contributed by atoms with Crippen molar-refractivity contribution in [3.05, 3.63) is 71.0 Å². The van der Waals surface area contributed by atoms with E-state index in [2.05, 4.69) is 20.9 Å². The van der Waals surface area contributed by atoms with Gasteiger partial charge in [0.05, 0.1) is 6.54 Å². The summed E-state index contributed by atoms with van der Waals surface area (Å²) in [4.78, 5) is 16.1. The number of benzene rings is 2. The van der Waals surface area contributed by atoms with E-state index in [1.165, 1.54) is 12.1 Å². The molecular weight excluding hydrogens is 446 g/mol. The van der Waals surface area contributed by atoms with Crippen LogP contribution in [0.3, 0.4) is 0 Å². The molecule has 1 amide bonds. The van der Waals surface area contributed by atoms with Gasteiger partial charge < -0.3 is 16.0 Å². The number of guanidine groups is 1. The standard InChI is InChI=1S/C19H23FN4O.HI/c1-3-22-19(24-13-15-6-10-17(20)11-7-15)23-12-14-4-8-16(9-5-14)18(25)21-2;/h4-11H,3,12-13H2,1-2H3,(H,21,25)(H2,22,23,24);1H. The maximum Gasteiger partial charge on any atom is 0.251 e. The van der Waals surface area contributed by atoms with E-state index in [9.17, 15) is 9.18 Å². The zero-order valence-corrected chi connectivity index (χ0v) is 17.2. The summed E-state index contributed by atoms with van der Waals surface area (Å²) in [5.74, 6) is 0.330. The van der Waals surface area contributed by atoms with E-state index >= 15 is 0 Å². The number of rotatable bonds is 6. The highest BCUT2D eigenvalue weighted by atomic mass is 127. The molecule has 2 rings (SSSR count). The summed E-state index contributed by atoms with van der Waals surface area (Å²) < 4.78 is 12.9. The average molecular weight is 470 g/mol. The van der Waals surface area contributed by atoms with Gasteiger partial charge >= 0.3 is 0 Å².